The number of Topliss-reactive ketones (excluding diaryl/α,β-unsaturated/α-hetero) is 1. The van der Waals surface area contributed by atoms with Gasteiger partial charge in [0.1, 0.15) is 5.75 Å². The smallest absolute Gasteiger partial charge is 0.405 e. The summed E-state index contributed by atoms with van der Waals surface area (Å²) in [6.45, 7) is 1.51. The van der Waals surface area contributed by atoms with Crippen LogP contribution in [0.2, 0.25) is 0 Å². The number of ether oxygens (including phenoxy) is 1. The Kier molecular flexibility index (Phi) is 4.48. The van der Waals surface area contributed by atoms with Gasteiger partial charge in [0.2, 0.25) is 0 Å². The minimum atomic E-state index is -4.84. The Morgan fingerprint density at radius 3 is 2.53 bits per heavy atom. The molecule has 0 heterocycles. The number of ketones is 1. The van der Waals surface area contributed by atoms with Crippen LogP contribution in [0.1, 0.15) is 17.3 Å². The van der Waals surface area contributed by atoms with E-state index >= 15 is 0 Å². The van der Waals surface area contributed by atoms with Crippen molar-refractivity contribution in [1.82, 2.24) is 0 Å². The molecule has 7 heteroatoms. The van der Waals surface area contributed by atoms with E-state index < -0.39 is 22.7 Å². The molecular formula is C10H8BrF3O2S. The molecule has 1 aromatic carbocycles. The molecule has 1 aromatic rings. The number of hydrogen-bond acceptors (Lipinski definition) is 3. The molecule has 17 heavy (non-hydrogen) atoms. The first kappa shape index (κ1) is 14.4. The molecule has 0 saturated heterocycles. The maximum Gasteiger partial charge on any atom is 0.573 e. The van der Waals surface area contributed by atoms with Crippen LogP contribution in [0.15, 0.2) is 23.1 Å². The van der Waals surface area contributed by atoms with Crippen LogP contribution in [0.25, 0.3) is 0 Å². The second-order valence-corrected chi connectivity index (χ2v) is 5.03. The van der Waals surface area contributed by atoms with Gasteiger partial charge in [-0.05, 0) is 19.1 Å². The minimum absolute atomic E-state index is 0.142. The first-order chi connectivity index (χ1) is 7.72. The third-order valence-corrected chi connectivity index (χ3v) is 2.63. The van der Waals surface area contributed by atoms with Crippen LogP contribution in [-0.2, 0) is 0 Å². The van der Waals surface area contributed by atoms with Gasteiger partial charge >= 0.3 is 6.36 Å². The summed E-state index contributed by atoms with van der Waals surface area (Å²) in [6.07, 6.45) is -4.84. The Bertz CT molecular complexity index is 432. The van der Waals surface area contributed by atoms with Crippen LogP contribution >= 0.6 is 28.6 Å². The molecular weight excluding hydrogens is 321 g/mol. The molecule has 0 saturated carbocycles. The number of alkyl halides is 4. The Labute approximate surface area is 110 Å². The van der Waals surface area contributed by atoms with Crippen LogP contribution in [-0.4, -0.2) is 17.0 Å². The Hall–Kier alpha value is -0.690. The third-order valence-electron chi connectivity index (χ3n) is 1.84. The average Bonchev–Trinajstić information content (AvgIpc) is 2.14. The number of carbonyl (C=O) groups excluding carboxylic acids is 1. The van der Waals surface area contributed by atoms with Gasteiger partial charge in [-0.2, -0.15) is 0 Å². The zero-order valence-electron chi connectivity index (χ0n) is 8.58. The molecule has 0 spiro atoms. The first-order valence-corrected chi connectivity index (χ1v) is 5.84. The molecule has 0 bridgehead atoms. The van der Waals surface area contributed by atoms with Crippen molar-refractivity contribution in [2.75, 3.05) is 0 Å². The highest BCUT2D eigenvalue weighted by Gasteiger charge is 2.33. The molecule has 0 aromatic heterocycles. The summed E-state index contributed by atoms with van der Waals surface area (Å²) in [5.74, 6) is -1.06. The number of hydrogen-bond donors (Lipinski definition) is 1. The first-order valence-electron chi connectivity index (χ1n) is 4.48. The van der Waals surface area contributed by atoms with Crippen LogP contribution in [0.5, 0.6) is 5.75 Å². The van der Waals surface area contributed by atoms with E-state index in [-0.39, 0.29) is 10.5 Å². The van der Waals surface area contributed by atoms with Gasteiger partial charge < -0.3 is 4.74 Å². The van der Waals surface area contributed by atoms with E-state index in [1.54, 1.807) is 0 Å². The van der Waals surface area contributed by atoms with Crippen molar-refractivity contribution >= 4 is 34.3 Å². The normalized spacial score (nSPS) is 13.3. The van der Waals surface area contributed by atoms with Crippen molar-refractivity contribution in [3.8, 4) is 5.75 Å². The summed E-state index contributed by atoms with van der Waals surface area (Å²) < 4.78 is 40.2. The zero-order chi connectivity index (χ0) is 13.2. The van der Waals surface area contributed by atoms with E-state index in [1.807, 2.05) is 0 Å². The standard InChI is InChI=1S/C10H8BrF3O2S/c1-5(11)9(15)8-6(16-10(12,13)14)3-2-4-7(8)17/h2-5,17H,1H3. The minimum Gasteiger partial charge on any atom is -0.405 e. The van der Waals surface area contributed by atoms with Crippen LogP contribution in [0, 0.1) is 0 Å². The lowest BCUT2D eigenvalue weighted by atomic mass is 10.1. The Morgan fingerprint density at radius 2 is 2.06 bits per heavy atom. The molecule has 0 fully saturated rings. The lowest BCUT2D eigenvalue weighted by molar-refractivity contribution is -0.274. The fourth-order valence-corrected chi connectivity index (χ4v) is 1.71. The van der Waals surface area contributed by atoms with Crippen molar-refractivity contribution in [3.05, 3.63) is 23.8 Å². The maximum atomic E-state index is 12.1. The summed E-state index contributed by atoms with van der Waals surface area (Å²) in [6, 6.07) is 3.84. The topological polar surface area (TPSA) is 26.3 Å². The second-order valence-electron chi connectivity index (χ2n) is 3.18. The molecule has 0 amide bonds. The van der Waals surface area contributed by atoms with Gasteiger partial charge in [-0.3, -0.25) is 4.79 Å². The number of rotatable bonds is 3. The highest BCUT2D eigenvalue weighted by molar-refractivity contribution is 9.10. The second kappa shape index (κ2) is 5.30. The molecule has 1 atom stereocenters. The Balaban J connectivity index is 3.22. The van der Waals surface area contributed by atoms with E-state index in [0.29, 0.717) is 0 Å². The molecule has 0 radical (unpaired) electrons. The van der Waals surface area contributed by atoms with E-state index in [0.717, 1.165) is 6.07 Å². The van der Waals surface area contributed by atoms with Crippen molar-refractivity contribution < 1.29 is 22.7 Å². The lowest BCUT2D eigenvalue weighted by Crippen LogP contribution is -2.21. The quantitative estimate of drug-likeness (QED) is 0.518. The summed E-state index contributed by atoms with van der Waals surface area (Å²) in [7, 11) is 0. The summed E-state index contributed by atoms with van der Waals surface area (Å²) >= 11 is 6.97. The molecule has 1 rings (SSSR count). The highest BCUT2D eigenvalue weighted by atomic mass is 79.9. The van der Waals surface area contributed by atoms with Crippen LogP contribution < -0.4 is 4.74 Å². The monoisotopic (exact) mass is 328 g/mol. The SMILES string of the molecule is CC(Br)C(=O)c1c(S)cccc1OC(F)(F)F. The van der Waals surface area contributed by atoms with Gasteiger partial charge in [-0.1, -0.05) is 22.0 Å². The van der Waals surface area contributed by atoms with Crippen molar-refractivity contribution in [2.45, 2.75) is 23.0 Å². The van der Waals surface area contributed by atoms with Gasteiger partial charge in [0.05, 0.1) is 10.4 Å². The number of halogens is 4. The van der Waals surface area contributed by atoms with Crippen LogP contribution in [0.4, 0.5) is 13.2 Å². The average molecular weight is 329 g/mol. The molecule has 0 aliphatic rings. The van der Waals surface area contributed by atoms with E-state index in [2.05, 4.69) is 33.3 Å². The molecule has 94 valence electrons. The van der Waals surface area contributed by atoms with Gasteiger partial charge in [0.15, 0.2) is 5.78 Å². The fraction of sp³-hybridized carbons (Fsp3) is 0.300. The predicted octanol–water partition coefficient (Wildman–Crippen LogP) is 3.84. The molecule has 0 N–H and O–H groups in total. The van der Waals surface area contributed by atoms with Gasteiger partial charge in [0.25, 0.3) is 0 Å². The van der Waals surface area contributed by atoms with Crippen LogP contribution in [0.3, 0.4) is 0 Å². The number of carbonyl (C=O) groups is 1. The van der Waals surface area contributed by atoms with Gasteiger partial charge in [-0.25, -0.2) is 0 Å². The van der Waals surface area contributed by atoms with Crippen molar-refractivity contribution in [3.63, 3.8) is 0 Å². The number of thiol groups is 1. The third kappa shape index (κ3) is 3.92. The Morgan fingerprint density at radius 1 is 1.47 bits per heavy atom. The fourth-order valence-electron chi connectivity index (χ4n) is 1.18. The lowest BCUT2D eigenvalue weighted by Gasteiger charge is -2.14. The van der Waals surface area contributed by atoms with Crippen molar-refractivity contribution in [2.24, 2.45) is 0 Å². The van der Waals surface area contributed by atoms with Crippen molar-refractivity contribution in [1.29, 1.82) is 0 Å². The zero-order valence-corrected chi connectivity index (χ0v) is 11.1. The van der Waals surface area contributed by atoms with Gasteiger partial charge in [0, 0.05) is 4.90 Å². The van der Waals surface area contributed by atoms with E-state index in [1.165, 1.54) is 19.1 Å². The molecule has 2 nitrogen and oxygen atoms in total. The van der Waals surface area contributed by atoms with Gasteiger partial charge in [-0.15, -0.1) is 25.8 Å². The molecule has 1 unspecified atom stereocenters. The van der Waals surface area contributed by atoms with E-state index in [9.17, 15) is 18.0 Å². The molecule has 0 aliphatic heterocycles. The maximum absolute atomic E-state index is 12.1. The van der Waals surface area contributed by atoms with E-state index in [4.69, 9.17) is 0 Å². The summed E-state index contributed by atoms with van der Waals surface area (Å²) in [4.78, 5) is 11.3. The highest BCUT2D eigenvalue weighted by Crippen LogP contribution is 2.31. The summed E-state index contributed by atoms with van der Waals surface area (Å²) in [5.41, 5.74) is -0.183. The number of benzene rings is 1. The largest absolute Gasteiger partial charge is 0.573 e. The molecule has 0 aliphatic carbocycles. The predicted molar refractivity (Wildman–Crippen MR) is 63.1 cm³/mol. The summed E-state index contributed by atoms with van der Waals surface area (Å²) in [5, 5.41) is 0.